The zero-order valence-electron chi connectivity index (χ0n) is 11.4. The van der Waals surface area contributed by atoms with Crippen LogP contribution in [0, 0.1) is 5.82 Å². The Hall–Kier alpha value is -2.55. The number of nitrogens with one attached hydrogen (secondary N) is 1. The van der Waals surface area contributed by atoms with Crippen LogP contribution in [0.2, 0.25) is 0 Å². The van der Waals surface area contributed by atoms with Gasteiger partial charge in [-0.2, -0.15) is 8.78 Å². The Morgan fingerprint density at radius 1 is 1.00 bits per heavy atom. The highest BCUT2D eigenvalue weighted by molar-refractivity contribution is 7.90. The van der Waals surface area contributed by atoms with E-state index in [0.29, 0.717) is 0 Å². The van der Waals surface area contributed by atoms with Crippen molar-refractivity contribution < 1.29 is 31.1 Å². The average molecular weight is 345 g/mol. The second-order valence-corrected chi connectivity index (χ2v) is 5.97. The minimum atomic E-state index is -4.17. The molecule has 0 unspecified atom stereocenters. The number of carbonyl (C=O) groups is 1. The monoisotopic (exact) mass is 345 g/mol. The first-order valence-corrected chi connectivity index (χ1v) is 7.64. The lowest BCUT2D eigenvalue weighted by Gasteiger charge is -2.08. The lowest BCUT2D eigenvalue weighted by Crippen LogP contribution is -2.30. The predicted molar refractivity (Wildman–Crippen MR) is 74.1 cm³/mol. The number of halogens is 3. The fourth-order valence-corrected chi connectivity index (χ4v) is 2.62. The minimum Gasteiger partial charge on any atom is -0.435 e. The van der Waals surface area contributed by atoms with Crippen molar-refractivity contribution >= 4 is 15.9 Å². The molecule has 2 rings (SSSR count). The molecular weight excluding hydrogens is 335 g/mol. The Morgan fingerprint density at radius 2 is 1.57 bits per heavy atom. The van der Waals surface area contributed by atoms with E-state index in [4.69, 9.17) is 0 Å². The van der Waals surface area contributed by atoms with E-state index in [1.807, 2.05) is 0 Å². The Balaban J connectivity index is 2.13. The molecule has 0 aliphatic rings. The second kappa shape index (κ2) is 6.69. The Bertz CT molecular complexity index is 790. The first-order chi connectivity index (χ1) is 10.8. The number of amides is 1. The average Bonchev–Trinajstić information content (AvgIpc) is 2.47. The molecule has 122 valence electrons. The summed E-state index contributed by atoms with van der Waals surface area (Å²) < 4.78 is 66.6. The summed E-state index contributed by atoms with van der Waals surface area (Å²) in [5.74, 6) is -1.75. The molecule has 2 aromatic carbocycles. The van der Waals surface area contributed by atoms with Gasteiger partial charge in [-0.3, -0.25) is 4.79 Å². The van der Waals surface area contributed by atoms with Crippen LogP contribution < -0.4 is 9.46 Å². The topological polar surface area (TPSA) is 72.5 Å². The van der Waals surface area contributed by atoms with Gasteiger partial charge in [-0.1, -0.05) is 0 Å². The molecule has 0 spiro atoms. The highest BCUT2D eigenvalue weighted by Gasteiger charge is 2.19. The van der Waals surface area contributed by atoms with E-state index in [2.05, 4.69) is 4.74 Å². The van der Waals surface area contributed by atoms with Crippen LogP contribution in [0.3, 0.4) is 0 Å². The van der Waals surface area contributed by atoms with Crippen molar-refractivity contribution in [3.05, 3.63) is 59.9 Å². The lowest BCUT2D eigenvalue weighted by atomic mass is 10.2. The van der Waals surface area contributed by atoms with E-state index in [1.54, 1.807) is 4.72 Å². The summed E-state index contributed by atoms with van der Waals surface area (Å²) in [6, 6.07) is 8.36. The van der Waals surface area contributed by atoms with Gasteiger partial charge >= 0.3 is 6.61 Å². The van der Waals surface area contributed by atoms with Gasteiger partial charge in [0.1, 0.15) is 11.6 Å². The van der Waals surface area contributed by atoms with Crippen molar-refractivity contribution in [3.63, 3.8) is 0 Å². The molecule has 0 atom stereocenters. The highest BCUT2D eigenvalue weighted by atomic mass is 32.2. The van der Waals surface area contributed by atoms with Crippen LogP contribution in [0.1, 0.15) is 10.4 Å². The van der Waals surface area contributed by atoms with Crippen molar-refractivity contribution in [1.29, 1.82) is 0 Å². The first kappa shape index (κ1) is 16.8. The highest BCUT2D eigenvalue weighted by Crippen LogP contribution is 2.16. The number of rotatable bonds is 5. The maximum atomic E-state index is 12.8. The van der Waals surface area contributed by atoms with Crippen LogP contribution in [0.4, 0.5) is 13.2 Å². The van der Waals surface area contributed by atoms with Crippen LogP contribution in [0.25, 0.3) is 0 Å². The number of benzene rings is 2. The van der Waals surface area contributed by atoms with Crippen LogP contribution >= 0.6 is 0 Å². The summed E-state index contributed by atoms with van der Waals surface area (Å²) in [4.78, 5) is 11.6. The molecule has 1 amide bonds. The third kappa shape index (κ3) is 4.46. The van der Waals surface area contributed by atoms with Gasteiger partial charge in [-0.15, -0.1) is 0 Å². The van der Waals surface area contributed by atoms with Gasteiger partial charge < -0.3 is 4.74 Å². The lowest BCUT2D eigenvalue weighted by molar-refractivity contribution is -0.0498. The molecule has 0 saturated heterocycles. The van der Waals surface area contributed by atoms with E-state index in [-0.39, 0.29) is 16.2 Å². The molecule has 0 bridgehead atoms. The number of ether oxygens (including phenoxy) is 1. The summed E-state index contributed by atoms with van der Waals surface area (Å²) in [6.45, 7) is -3.01. The molecule has 0 aliphatic carbocycles. The molecule has 23 heavy (non-hydrogen) atoms. The molecular formula is C14H10F3NO4S. The summed E-state index contributed by atoms with van der Waals surface area (Å²) in [5, 5.41) is 0. The quantitative estimate of drug-likeness (QED) is 0.904. The van der Waals surface area contributed by atoms with Crippen LogP contribution in [0.15, 0.2) is 53.4 Å². The number of alkyl halides is 2. The fourth-order valence-electron chi connectivity index (χ4n) is 1.64. The number of hydrogen-bond donors (Lipinski definition) is 1. The van der Waals surface area contributed by atoms with Crippen molar-refractivity contribution in [2.24, 2.45) is 0 Å². The van der Waals surface area contributed by atoms with E-state index < -0.39 is 28.4 Å². The summed E-state index contributed by atoms with van der Waals surface area (Å²) in [5.41, 5.74) is -0.0719. The molecule has 0 aliphatic heterocycles. The normalized spacial score (nSPS) is 11.3. The van der Waals surface area contributed by atoms with E-state index in [9.17, 15) is 26.4 Å². The van der Waals surface area contributed by atoms with Gasteiger partial charge in [-0.05, 0) is 48.5 Å². The number of sulfonamides is 1. The second-order valence-electron chi connectivity index (χ2n) is 4.29. The predicted octanol–water partition coefficient (Wildman–Crippen LogP) is 2.55. The van der Waals surface area contributed by atoms with Gasteiger partial charge in [0.15, 0.2) is 0 Å². The van der Waals surface area contributed by atoms with Gasteiger partial charge in [-0.25, -0.2) is 17.5 Å². The van der Waals surface area contributed by atoms with Crippen LogP contribution in [0.5, 0.6) is 5.75 Å². The third-order valence-electron chi connectivity index (χ3n) is 2.69. The zero-order chi connectivity index (χ0) is 17.0. The molecule has 2 aromatic rings. The minimum absolute atomic E-state index is 0.0719. The fraction of sp³-hybridized carbons (Fsp3) is 0.0714. The zero-order valence-corrected chi connectivity index (χ0v) is 12.2. The van der Waals surface area contributed by atoms with Crippen molar-refractivity contribution in [2.45, 2.75) is 11.5 Å². The molecule has 5 nitrogen and oxygen atoms in total. The molecule has 0 heterocycles. The molecule has 0 fully saturated rings. The van der Waals surface area contributed by atoms with Gasteiger partial charge in [0.2, 0.25) is 0 Å². The molecule has 0 saturated carbocycles. The smallest absolute Gasteiger partial charge is 0.387 e. The third-order valence-corrected chi connectivity index (χ3v) is 4.04. The van der Waals surface area contributed by atoms with E-state index in [0.717, 1.165) is 48.5 Å². The number of carbonyl (C=O) groups excluding carboxylic acids is 1. The largest absolute Gasteiger partial charge is 0.435 e. The number of hydrogen-bond acceptors (Lipinski definition) is 4. The molecule has 0 radical (unpaired) electrons. The standard InChI is InChI=1S/C14H10F3NO4S/c15-10-3-7-12(8-4-10)23(20,21)18-13(19)9-1-5-11(6-2-9)22-14(16)17/h1-8,14H,(H,18,19). The first-order valence-electron chi connectivity index (χ1n) is 6.15. The molecule has 0 aromatic heterocycles. The van der Waals surface area contributed by atoms with Crippen LogP contribution in [-0.4, -0.2) is 20.9 Å². The summed E-state index contributed by atoms with van der Waals surface area (Å²) >= 11 is 0. The van der Waals surface area contributed by atoms with Crippen LogP contribution in [-0.2, 0) is 10.0 Å². The molecule has 9 heteroatoms. The van der Waals surface area contributed by atoms with Gasteiger partial charge in [0.25, 0.3) is 15.9 Å². The Kier molecular flexibility index (Phi) is 4.89. The Morgan fingerprint density at radius 3 is 2.09 bits per heavy atom. The summed E-state index contributed by atoms with van der Waals surface area (Å²) in [7, 11) is -4.17. The summed E-state index contributed by atoms with van der Waals surface area (Å²) in [6.07, 6.45) is 0. The van der Waals surface area contributed by atoms with E-state index in [1.165, 1.54) is 0 Å². The van der Waals surface area contributed by atoms with Gasteiger partial charge in [0.05, 0.1) is 4.90 Å². The Labute approximate surface area is 129 Å². The van der Waals surface area contributed by atoms with Crippen molar-refractivity contribution in [2.75, 3.05) is 0 Å². The SMILES string of the molecule is O=C(NS(=O)(=O)c1ccc(F)cc1)c1ccc(OC(F)F)cc1. The maximum absolute atomic E-state index is 12.8. The molecule has 1 N–H and O–H groups in total. The van der Waals surface area contributed by atoms with Crippen molar-refractivity contribution in [3.8, 4) is 5.75 Å². The van der Waals surface area contributed by atoms with Gasteiger partial charge in [0, 0.05) is 5.56 Å². The van der Waals surface area contributed by atoms with E-state index >= 15 is 0 Å². The maximum Gasteiger partial charge on any atom is 0.387 e. The van der Waals surface area contributed by atoms with Crippen molar-refractivity contribution in [1.82, 2.24) is 4.72 Å².